The summed E-state index contributed by atoms with van der Waals surface area (Å²) in [4.78, 5) is 28.9. The molecule has 2 N–H and O–H groups in total. The third kappa shape index (κ3) is 3.44. The molecule has 0 aliphatic rings. The minimum atomic E-state index is -0.156. The molecule has 0 saturated heterocycles. The Morgan fingerprint density at radius 1 is 1.04 bits per heavy atom. The van der Waals surface area contributed by atoms with E-state index in [1.165, 1.54) is 21.4 Å². The van der Waals surface area contributed by atoms with Crippen LogP contribution >= 0.6 is 22.7 Å². The van der Waals surface area contributed by atoms with Gasteiger partial charge < -0.3 is 10.6 Å². The van der Waals surface area contributed by atoms with Crippen LogP contribution in [-0.2, 0) is 4.79 Å². The number of pyridine rings is 1. The Hall–Kier alpha value is -2.77. The van der Waals surface area contributed by atoms with E-state index in [1.807, 2.05) is 18.2 Å². The van der Waals surface area contributed by atoms with Gasteiger partial charge in [0.05, 0.1) is 21.5 Å². The van der Waals surface area contributed by atoms with E-state index in [0.29, 0.717) is 10.6 Å². The highest BCUT2D eigenvalue weighted by molar-refractivity contribution is 7.33. The van der Waals surface area contributed by atoms with Gasteiger partial charge in [0.1, 0.15) is 0 Å². The summed E-state index contributed by atoms with van der Waals surface area (Å²) in [5.74, 6) is -0.298. The fraction of sp³-hybridized carbons (Fsp3) is 0.105. The molecule has 3 heterocycles. The number of fused-ring (bicyclic) bond motifs is 3. The molecule has 0 unspecified atom stereocenters. The molecule has 0 aliphatic heterocycles. The number of hydrogen-bond acceptors (Lipinski definition) is 5. The summed E-state index contributed by atoms with van der Waals surface area (Å²) in [5, 5.41) is 6.75. The average Bonchev–Trinajstić information content (AvgIpc) is 3.20. The molecule has 0 radical (unpaired) electrons. The molecule has 3 aromatic heterocycles. The van der Waals surface area contributed by atoms with E-state index in [2.05, 4.69) is 27.8 Å². The molecule has 4 rings (SSSR count). The lowest BCUT2D eigenvalue weighted by atomic mass is 10.2. The molecular weight excluding hydrogens is 366 g/mol. The van der Waals surface area contributed by atoms with E-state index >= 15 is 0 Å². The van der Waals surface area contributed by atoms with E-state index < -0.39 is 0 Å². The van der Waals surface area contributed by atoms with Crippen LogP contribution in [0.15, 0.2) is 54.9 Å². The highest BCUT2D eigenvalue weighted by atomic mass is 32.1. The molecule has 0 saturated carbocycles. The van der Waals surface area contributed by atoms with Crippen molar-refractivity contribution in [1.29, 1.82) is 0 Å². The quantitative estimate of drug-likeness (QED) is 0.542. The Balaban J connectivity index is 1.36. The van der Waals surface area contributed by atoms with Crippen molar-refractivity contribution in [2.45, 2.75) is 6.42 Å². The molecule has 1 aromatic carbocycles. The number of thiophene rings is 2. The zero-order chi connectivity index (χ0) is 17.9. The summed E-state index contributed by atoms with van der Waals surface area (Å²) >= 11 is 3.18. The SMILES string of the molecule is O=C(CCNC(=O)c1cc2sc3ccccc3c2s1)Nc1cccnc1. The summed E-state index contributed by atoms with van der Waals surface area (Å²) in [6, 6.07) is 13.6. The lowest BCUT2D eigenvalue weighted by Gasteiger charge is -2.05. The van der Waals surface area contributed by atoms with Crippen molar-refractivity contribution in [3.8, 4) is 0 Å². The maximum absolute atomic E-state index is 12.4. The van der Waals surface area contributed by atoms with E-state index in [0.717, 1.165) is 9.40 Å². The number of anilines is 1. The Morgan fingerprint density at radius 3 is 2.77 bits per heavy atom. The smallest absolute Gasteiger partial charge is 0.261 e. The first kappa shape index (κ1) is 16.7. The van der Waals surface area contributed by atoms with Gasteiger partial charge in [-0.15, -0.1) is 22.7 Å². The van der Waals surface area contributed by atoms with Gasteiger partial charge in [0.15, 0.2) is 0 Å². The normalized spacial score (nSPS) is 10.9. The van der Waals surface area contributed by atoms with Crippen molar-refractivity contribution >= 4 is 59.7 Å². The standard InChI is InChI=1S/C19H15N3O2S2/c23-17(22-12-4-3-8-20-11-12)7-9-21-19(24)16-10-15-18(26-16)13-5-1-2-6-14(13)25-15/h1-6,8,10-11H,7,9H2,(H,21,24)(H,22,23). The van der Waals surface area contributed by atoms with Crippen LogP contribution in [0.2, 0.25) is 0 Å². The van der Waals surface area contributed by atoms with Crippen LogP contribution in [0.1, 0.15) is 16.1 Å². The molecule has 0 aliphatic carbocycles. The number of benzene rings is 1. The molecular formula is C19H15N3O2S2. The summed E-state index contributed by atoms with van der Waals surface area (Å²) in [6.07, 6.45) is 3.44. The Kier molecular flexibility index (Phi) is 4.64. The monoisotopic (exact) mass is 381 g/mol. The maximum Gasteiger partial charge on any atom is 0.261 e. The lowest BCUT2D eigenvalue weighted by molar-refractivity contribution is -0.116. The van der Waals surface area contributed by atoms with E-state index in [9.17, 15) is 9.59 Å². The van der Waals surface area contributed by atoms with Crippen LogP contribution in [0.25, 0.3) is 19.5 Å². The van der Waals surface area contributed by atoms with Crippen molar-refractivity contribution < 1.29 is 9.59 Å². The summed E-state index contributed by atoms with van der Waals surface area (Å²) in [6.45, 7) is 0.289. The summed E-state index contributed by atoms with van der Waals surface area (Å²) < 4.78 is 3.49. The maximum atomic E-state index is 12.4. The third-order valence-electron chi connectivity index (χ3n) is 3.86. The minimum absolute atomic E-state index is 0.142. The number of carbonyl (C=O) groups is 2. The predicted octanol–water partition coefficient (Wildman–Crippen LogP) is 4.27. The molecule has 0 atom stereocenters. The lowest BCUT2D eigenvalue weighted by Crippen LogP contribution is -2.27. The number of hydrogen-bond donors (Lipinski definition) is 2. The molecule has 0 bridgehead atoms. The molecule has 4 aromatic rings. The van der Waals surface area contributed by atoms with Gasteiger partial charge in [-0.1, -0.05) is 18.2 Å². The third-order valence-corrected chi connectivity index (χ3v) is 6.27. The van der Waals surface area contributed by atoms with Gasteiger partial charge in [-0.2, -0.15) is 0 Å². The Morgan fingerprint density at radius 2 is 1.92 bits per heavy atom. The Bertz CT molecular complexity index is 1090. The number of rotatable bonds is 5. The molecule has 26 heavy (non-hydrogen) atoms. The second kappa shape index (κ2) is 7.23. The van der Waals surface area contributed by atoms with Crippen LogP contribution in [0.3, 0.4) is 0 Å². The second-order valence-corrected chi connectivity index (χ2v) is 7.83. The van der Waals surface area contributed by atoms with Crippen LogP contribution in [-0.4, -0.2) is 23.3 Å². The largest absolute Gasteiger partial charge is 0.351 e. The molecule has 0 spiro atoms. The molecule has 2 amide bonds. The predicted molar refractivity (Wildman–Crippen MR) is 107 cm³/mol. The van der Waals surface area contributed by atoms with Crippen LogP contribution < -0.4 is 10.6 Å². The number of carbonyl (C=O) groups excluding carboxylic acids is 2. The van der Waals surface area contributed by atoms with Gasteiger partial charge in [-0.3, -0.25) is 14.6 Å². The zero-order valence-corrected chi connectivity index (χ0v) is 15.3. The Labute approximate surface area is 157 Å². The topological polar surface area (TPSA) is 71.1 Å². The number of nitrogens with one attached hydrogen (secondary N) is 2. The second-order valence-electron chi connectivity index (χ2n) is 5.70. The molecule has 130 valence electrons. The molecule has 7 heteroatoms. The van der Waals surface area contributed by atoms with Gasteiger partial charge in [-0.25, -0.2) is 0 Å². The average molecular weight is 381 g/mol. The molecule has 5 nitrogen and oxygen atoms in total. The number of nitrogens with zero attached hydrogens (tertiary/aromatic N) is 1. The summed E-state index contributed by atoms with van der Waals surface area (Å²) in [7, 11) is 0. The zero-order valence-electron chi connectivity index (χ0n) is 13.7. The van der Waals surface area contributed by atoms with Gasteiger partial charge in [0.25, 0.3) is 5.91 Å². The van der Waals surface area contributed by atoms with Crippen molar-refractivity contribution in [2.75, 3.05) is 11.9 Å². The fourth-order valence-corrected chi connectivity index (χ4v) is 5.09. The van der Waals surface area contributed by atoms with Gasteiger partial charge in [0.2, 0.25) is 5.91 Å². The van der Waals surface area contributed by atoms with Crippen molar-refractivity contribution in [3.05, 3.63) is 59.7 Å². The minimum Gasteiger partial charge on any atom is -0.351 e. The van der Waals surface area contributed by atoms with Crippen LogP contribution in [0.5, 0.6) is 0 Å². The van der Waals surface area contributed by atoms with Gasteiger partial charge >= 0.3 is 0 Å². The first-order chi connectivity index (χ1) is 12.7. The van der Waals surface area contributed by atoms with Crippen molar-refractivity contribution in [1.82, 2.24) is 10.3 Å². The first-order valence-corrected chi connectivity index (χ1v) is 9.73. The summed E-state index contributed by atoms with van der Waals surface area (Å²) in [5.41, 5.74) is 0.647. The van der Waals surface area contributed by atoms with Crippen molar-refractivity contribution in [2.24, 2.45) is 0 Å². The molecule has 0 fully saturated rings. The highest BCUT2D eigenvalue weighted by Crippen LogP contribution is 2.39. The van der Waals surface area contributed by atoms with E-state index in [-0.39, 0.29) is 24.8 Å². The van der Waals surface area contributed by atoms with Gasteiger partial charge in [0, 0.05) is 33.9 Å². The number of aromatic nitrogens is 1. The van der Waals surface area contributed by atoms with Crippen LogP contribution in [0.4, 0.5) is 5.69 Å². The first-order valence-electron chi connectivity index (χ1n) is 8.10. The van der Waals surface area contributed by atoms with Gasteiger partial charge in [-0.05, 0) is 24.3 Å². The number of amides is 2. The highest BCUT2D eigenvalue weighted by Gasteiger charge is 2.14. The van der Waals surface area contributed by atoms with E-state index in [1.54, 1.807) is 35.9 Å². The van der Waals surface area contributed by atoms with Crippen LogP contribution in [0, 0.1) is 0 Å². The van der Waals surface area contributed by atoms with Crippen molar-refractivity contribution in [3.63, 3.8) is 0 Å². The fourth-order valence-electron chi connectivity index (χ4n) is 2.65. The van der Waals surface area contributed by atoms with E-state index in [4.69, 9.17) is 0 Å².